The molecule has 2 aromatic heterocycles. The summed E-state index contributed by atoms with van der Waals surface area (Å²) in [5, 5.41) is 1.22. The van der Waals surface area contributed by atoms with Gasteiger partial charge in [-0.3, -0.25) is 24.8 Å². The van der Waals surface area contributed by atoms with Crippen LogP contribution in [0.4, 0.5) is 0 Å². The predicted molar refractivity (Wildman–Crippen MR) is 134 cm³/mol. The molecule has 2 heterocycles. The average molecular weight is 496 g/mol. The van der Waals surface area contributed by atoms with Crippen molar-refractivity contribution in [3.05, 3.63) is 76.0 Å². The van der Waals surface area contributed by atoms with Crippen molar-refractivity contribution in [1.29, 1.82) is 0 Å². The molecule has 9 heteroatoms. The molecule has 7 nitrogen and oxygen atoms in total. The van der Waals surface area contributed by atoms with Crippen LogP contribution in [0.25, 0.3) is 28.3 Å². The van der Waals surface area contributed by atoms with Gasteiger partial charge in [-0.05, 0) is 31.2 Å². The summed E-state index contributed by atoms with van der Waals surface area (Å²) < 4.78 is 1.76. The van der Waals surface area contributed by atoms with Gasteiger partial charge in [0.1, 0.15) is 0 Å². The molecule has 0 fully saturated rings. The van der Waals surface area contributed by atoms with E-state index >= 15 is 0 Å². The zero-order valence-corrected chi connectivity index (χ0v) is 20.6. The summed E-state index contributed by atoms with van der Waals surface area (Å²) in [6, 6.07) is 14.7. The number of aromatic nitrogens is 3. The van der Waals surface area contributed by atoms with Crippen molar-refractivity contribution < 1.29 is 9.59 Å². The molecule has 0 atom stereocenters. The maximum atomic E-state index is 12.9. The van der Waals surface area contributed by atoms with Gasteiger partial charge in [0.2, 0.25) is 11.7 Å². The molecule has 2 N–H and O–H groups in total. The summed E-state index contributed by atoms with van der Waals surface area (Å²) in [5.41, 5.74) is 8.20. The number of benzene rings is 2. The largest absolute Gasteiger partial charge is 0.282 e. The second-order valence-electron chi connectivity index (χ2n) is 8.89. The summed E-state index contributed by atoms with van der Waals surface area (Å²) in [5.74, 6) is -0.349. The molecule has 0 unspecified atom stereocenters. The lowest BCUT2D eigenvalue weighted by Gasteiger charge is -2.18. The maximum Gasteiger partial charge on any atom is 0.273 e. The van der Waals surface area contributed by atoms with Gasteiger partial charge in [0, 0.05) is 32.8 Å². The molecule has 0 saturated carbocycles. The molecule has 0 aliphatic heterocycles. The number of hydrogen-bond donors (Lipinski definition) is 2. The van der Waals surface area contributed by atoms with Crippen molar-refractivity contribution >= 4 is 40.8 Å². The first kappa shape index (κ1) is 23.7. The molecule has 2 amide bonds. The number of carbonyl (C=O) groups excluding carboxylic acids is 2. The molecule has 0 radical (unpaired) electrons. The van der Waals surface area contributed by atoms with Gasteiger partial charge in [0.15, 0.2) is 0 Å². The molecule has 34 heavy (non-hydrogen) atoms. The zero-order valence-electron chi connectivity index (χ0n) is 19.1. The van der Waals surface area contributed by atoms with Crippen molar-refractivity contribution in [2.75, 3.05) is 0 Å². The third kappa shape index (κ3) is 4.76. The minimum Gasteiger partial charge on any atom is -0.282 e. The van der Waals surface area contributed by atoms with E-state index in [-0.39, 0.29) is 5.91 Å². The monoisotopic (exact) mass is 495 g/mol. The molecule has 0 aliphatic carbocycles. The second-order valence-corrected chi connectivity index (χ2v) is 9.76. The van der Waals surface area contributed by atoms with Gasteiger partial charge in [-0.15, -0.1) is 0 Å². The van der Waals surface area contributed by atoms with Crippen LogP contribution >= 0.6 is 23.2 Å². The Balaban J connectivity index is 1.84. The Labute approximate surface area is 207 Å². The normalized spacial score (nSPS) is 11.5. The van der Waals surface area contributed by atoms with E-state index in [1.54, 1.807) is 62.6 Å². The van der Waals surface area contributed by atoms with Crippen LogP contribution in [0, 0.1) is 12.3 Å². The molecule has 174 valence electrons. The third-order valence-electron chi connectivity index (χ3n) is 5.26. The van der Waals surface area contributed by atoms with Gasteiger partial charge in [0.25, 0.3) is 5.91 Å². The van der Waals surface area contributed by atoms with E-state index in [9.17, 15) is 9.59 Å². The summed E-state index contributed by atoms with van der Waals surface area (Å²) in [4.78, 5) is 34.4. The van der Waals surface area contributed by atoms with Crippen LogP contribution in [-0.2, 0) is 4.79 Å². The van der Waals surface area contributed by atoms with Crippen LogP contribution in [0.15, 0.2) is 54.7 Å². The standard InChI is InChI=1S/C25H23Cl2N5O2/c1-14-19(22(33)30-31-23(34)25(2,3)4)13-32-21(16-7-11-18(27)12-8-16)20(29-24(32)28-14)15-5-9-17(26)10-6-15/h5-13H,1-4H3,(H,30,33)(H,31,34). The SMILES string of the molecule is Cc1nc2nc(-c3ccc(Cl)cc3)c(-c3ccc(Cl)cc3)n2cc1C(=O)NNC(=O)C(C)(C)C. The highest BCUT2D eigenvalue weighted by Crippen LogP contribution is 2.34. The van der Waals surface area contributed by atoms with Gasteiger partial charge in [-0.2, -0.15) is 0 Å². The molecule has 0 saturated heterocycles. The number of halogens is 2. The fourth-order valence-electron chi connectivity index (χ4n) is 3.34. The number of hydrazine groups is 1. The van der Waals surface area contributed by atoms with Crippen molar-refractivity contribution in [2.45, 2.75) is 27.7 Å². The van der Waals surface area contributed by atoms with Crippen LogP contribution < -0.4 is 10.9 Å². The summed E-state index contributed by atoms with van der Waals surface area (Å²) >= 11 is 12.2. The number of carbonyl (C=O) groups is 2. The number of fused-ring (bicyclic) bond motifs is 1. The first-order valence-electron chi connectivity index (χ1n) is 10.6. The molecule has 0 aliphatic rings. The highest BCUT2D eigenvalue weighted by molar-refractivity contribution is 6.31. The Morgan fingerprint density at radius 1 is 0.853 bits per heavy atom. The molecular weight excluding hydrogens is 473 g/mol. The van der Waals surface area contributed by atoms with E-state index in [0.717, 1.165) is 16.8 Å². The lowest BCUT2D eigenvalue weighted by atomic mass is 9.96. The van der Waals surface area contributed by atoms with Crippen molar-refractivity contribution in [3.8, 4) is 22.5 Å². The van der Waals surface area contributed by atoms with Crippen LogP contribution in [-0.4, -0.2) is 26.2 Å². The number of imidazole rings is 1. The van der Waals surface area contributed by atoms with E-state index < -0.39 is 11.3 Å². The van der Waals surface area contributed by atoms with Crippen LogP contribution in [0.1, 0.15) is 36.8 Å². The quantitative estimate of drug-likeness (QED) is 0.368. The highest BCUT2D eigenvalue weighted by Gasteiger charge is 2.23. The van der Waals surface area contributed by atoms with Crippen molar-refractivity contribution in [1.82, 2.24) is 25.2 Å². The fourth-order valence-corrected chi connectivity index (χ4v) is 3.59. The lowest BCUT2D eigenvalue weighted by molar-refractivity contribution is -0.129. The van der Waals surface area contributed by atoms with E-state index in [2.05, 4.69) is 15.8 Å². The Kier molecular flexibility index (Phi) is 6.34. The molecule has 0 bridgehead atoms. The summed E-state index contributed by atoms with van der Waals surface area (Å²) in [6.07, 6.45) is 1.67. The maximum absolute atomic E-state index is 12.9. The molecule has 2 aromatic carbocycles. The average Bonchev–Trinajstić information content (AvgIpc) is 3.15. The Morgan fingerprint density at radius 3 is 1.97 bits per heavy atom. The smallest absolute Gasteiger partial charge is 0.273 e. The summed E-state index contributed by atoms with van der Waals surface area (Å²) in [6.45, 7) is 7.00. The van der Waals surface area contributed by atoms with Crippen molar-refractivity contribution in [2.24, 2.45) is 5.41 Å². The Morgan fingerprint density at radius 2 is 1.41 bits per heavy atom. The Hall–Kier alpha value is -3.42. The second kappa shape index (κ2) is 9.08. The van der Waals surface area contributed by atoms with Crippen LogP contribution in [0.3, 0.4) is 0 Å². The first-order valence-corrected chi connectivity index (χ1v) is 11.3. The highest BCUT2D eigenvalue weighted by atomic mass is 35.5. The van der Waals surface area contributed by atoms with E-state index in [0.29, 0.717) is 32.8 Å². The van der Waals surface area contributed by atoms with E-state index in [1.165, 1.54) is 0 Å². The van der Waals surface area contributed by atoms with E-state index in [1.807, 2.05) is 24.3 Å². The fraction of sp³-hybridized carbons (Fsp3) is 0.200. The molecule has 0 spiro atoms. The van der Waals surface area contributed by atoms with Gasteiger partial charge >= 0.3 is 0 Å². The van der Waals surface area contributed by atoms with Crippen LogP contribution in [0.5, 0.6) is 0 Å². The van der Waals surface area contributed by atoms with Crippen molar-refractivity contribution in [3.63, 3.8) is 0 Å². The zero-order chi connectivity index (χ0) is 24.6. The number of nitrogens with zero attached hydrogens (tertiary/aromatic N) is 3. The molecule has 4 aromatic rings. The first-order chi connectivity index (χ1) is 16.0. The van der Waals surface area contributed by atoms with Gasteiger partial charge in [-0.1, -0.05) is 68.2 Å². The van der Waals surface area contributed by atoms with Gasteiger partial charge in [0.05, 0.1) is 22.6 Å². The minimum atomic E-state index is -0.649. The molecular formula is C25H23Cl2N5O2. The Bertz CT molecular complexity index is 1390. The topological polar surface area (TPSA) is 88.4 Å². The number of aryl methyl sites for hydroxylation is 1. The van der Waals surface area contributed by atoms with E-state index in [4.69, 9.17) is 28.2 Å². The molecule has 4 rings (SSSR count). The van der Waals surface area contributed by atoms with Gasteiger partial charge in [-0.25, -0.2) is 9.97 Å². The predicted octanol–water partition coefficient (Wildman–Crippen LogP) is 5.49. The van der Waals surface area contributed by atoms with Gasteiger partial charge < -0.3 is 0 Å². The number of rotatable bonds is 3. The number of hydrogen-bond acceptors (Lipinski definition) is 4. The van der Waals surface area contributed by atoms with Crippen LogP contribution in [0.2, 0.25) is 10.0 Å². The minimum absolute atomic E-state index is 0.303. The number of nitrogens with one attached hydrogen (secondary N) is 2. The number of amides is 2. The third-order valence-corrected chi connectivity index (χ3v) is 5.76. The lowest BCUT2D eigenvalue weighted by Crippen LogP contribution is -2.46. The summed E-state index contributed by atoms with van der Waals surface area (Å²) in [7, 11) is 0.